The molecule has 35 heavy (non-hydrogen) atoms. The van der Waals surface area contributed by atoms with E-state index < -0.39 is 10.0 Å². The average Bonchev–Trinajstić information content (AvgIpc) is 2.79. The van der Waals surface area contributed by atoms with E-state index in [1.54, 1.807) is 56.4 Å². The highest BCUT2D eigenvalue weighted by Crippen LogP contribution is 2.21. The van der Waals surface area contributed by atoms with Crippen LogP contribution in [0.1, 0.15) is 11.4 Å². The summed E-state index contributed by atoms with van der Waals surface area (Å²) in [5.74, 6) is 0.219. The van der Waals surface area contributed by atoms with Crippen molar-refractivity contribution in [3.05, 3.63) is 83.3 Å². The minimum absolute atomic E-state index is 0.0157. The number of benzene rings is 2. The van der Waals surface area contributed by atoms with Gasteiger partial charge in [-0.15, -0.1) is 0 Å². The van der Waals surface area contributed by atoms with Crippen molar-refractivity contribution in [3.63, 3.8) is 0 Å². The molecule has 0 atom stereocenters. The maximum atomic E-state index is 12.7. The molecule has 0 bridgehead atoms. The summed E-state index contributed by atoms with van der Waals surface area (Å²) in [5, 5.41) is 3.52. The molecule has 0 aliphatic carbocycles. The predicted octanol–water partition coefficient (Wildman–Crippen LogP) is 4.06. The molecule has 2 aromatic heterocycles. The minimum Gasteiger partial charge on any atom is -0.369 e. The van der Waals surface area contributed by atoms with E-state index in [2.05, 4.69) is 35.0 Å². The monoisotopic (exact) mass is 508 g/mol. The Morgan fingerprint density at radius 2 is 1.60 bits per heavy atom. The first-order valence-corrected chi connectivity index (χ1v) is 12.2. The highest BCUT2D eigenvalue weighted by molar-refractivity contribution is 7.92. The summed E-state index contributed by atoms with van der Waals surface area (Å²) in [6.45, 7) is 3.52. The van der Waals surface area contributed by atoms with Crippen LogP contribution in [0.25, 0.3) is 11.3 Å². The van der Waals surface area contributed by atoms with Gasteiger partial charge in [0.05, 0.1) is 10.6 Å². The topological polar surface area (TPSA) is 148 Å². The summed E-state index contributed by atoms with van der Waals surface area (Å²) in [7, 11) is -3.87. The van der Waals surface area contributed by atoms with Gasteiger partial charge in [0, 0.05) is 33.9 Å². The molecule has 0 saturated heterocycles. The van der Waals surface area contributed by atoms with Gasteiger partial charge in [0.1, 0.15) is 0 Å². The minimum atomic E-state index is -3.87. The lowest BCUT2D eigenvalue weighted by Gasteiger charge is -2.09. The summed E-state index contributed by atoms with van der Waals surface area (Å²) in [6.07, 6.45) is 1.58. The van der Waals surface area contributed by atoms with Gasteiger partial charge in [-0.05, 0) is 62.4 Å². The quantitative estimate of drug-likeness (QED) is 0.261. The fourth-order valence-corrected chi connectivity index (χ4v) is 4.21. The van der Waals surface area contributed by atoms with Gasteiger partial charge in [0.25, 0.3) is 16.0 Å². The van der Waals surface area contributed by atoms with Crippen LogP contribution in [0, 0.1) is 13.8 Å². The first-order valence-electron chi connectivity index (χ1n) is 10.3. The standard InChI is InChI=1S/C23H21ClN8O2S/c1-14-13-15(2)28-23(27-14)32-35(33,34)19-9-7-18(8-10-19)29-21(25)31-22-26-12-11-20(30-22)16-3-5-17(24)6-4-16/h3-13H,1-2H3,(H,27,28,32)(H3,25,26,29,30,31). The van der Waals surface area contributed by atoms with Gasteiger partial charge < -0.3 is 11.1 Å². The van der Waals surface area contributed by atoms with Crippen LogP contribution in [-0.4, -0.2) is 34.3 Å². The van der Waals surface area contributed by atoms with E-state index >= 15 is 0 Å². The molecule has 0 aliphatic rings. The number of hydrogen-bond acceptors (Lipinski definition) is 7. The van der Waals surface area contributed by atoms with Gasteiger partial charge in [0.2, 0.25) is 11.9 Å². The van der Waals surface area contributed by atoms with Crippen LogP contribution in [0.3, 0.4) is 0 Å². The second kappa shape index (κ2) is 10.0. The van der Waals surface area contributed by atoms with Crippen LogP contribution >= 0.6 is 11.6 Å². The zero-order chi connectivity index (χ0) is 25.0. The van der Waals surface area contributed by atoms with Gasteiger partial charge in [-0.1, -0.05) is 23.7 Å². The molecule has 0 amide bonds. The van der Waals surface area contributed by atoms with Gasteiger partial charge in [-0.25, -0.2) is 33.1 Å². The lowest BCUT2D eigenvalue weighted by atomic mass is 10.1. The fraction of sp³-hybridized carbons (Fsp3) is 0.0870. The van der Waals surface area contributed by atoms with E-state index in [-0.39, 0.29) is 22.8 Å². The van der Waals surface area contributed by atoms with E-state index in [1.807, 2.05) is 12.1 Å². The summed E-state index contributed by atoms with van der Waals surface area (Å²) in [5.41, 5.74) is 9.37. The Labute approximate surface area is 207 Å². The number of hydrogen-bond donors (Lipinski definition) is 3. The third-order valence-corrected chi connectivity index (χ3v) is 6.24. The van der Waals surface area contributed by atoms with Gasteiger partial charge in [-0.3, -0.25) is 0 Å². The molecule has 4 rings (SSSR count). The number of anilines is 2. The molecule has 0 saturated carbocycles. The number of aryl methyl sites for hydroxylation is 2. The molecule has 4 N–H and O–H groups in total. The van der Waals surface area contributed by atoms with E-state index in [4.69, 9.17) is 17.3 Å². The van der Waals surface area contributed by atoms with Gasteiger partial charge >= 0.3 is 0 Å². The molecule has 0 spiro atoms. The maximum Gasteiger partial charge on any atom is 0.264 e. The molecule has 4 aromatic rings. The molecule has 178 valence electrons. The first-order chi connectivity index (χ1) is 16.7. The number of aromatic nitrogens is 4. The summed E-state index contributed by atoms with van der Waals surface area (Å²) < 4.78 is 27.8. The fourth-order valence-electron chi connectivity index (χ4n) is 3.14. The van der Waals surface area contributed by atoms with Crippen LogP contribution in [0.15, 0.2) is 76.7 Å². The van der Waals surface area contributed by atoms with Crippen LogP contribution in [-0.2, 0) is 10.0 Å². The Hall–Kier alpha value is -4.09. The Morgan fingerprint density at radius 3 is 2.26 bits per heavy atom. The SMILES string of the molecule is Cc1cc(C)nc(NS(=O)(=O)c2ccc(N/C(N)=N/c3nccc(-c4ccc(Cl)cc4)n3)cc2)n1. The Morgan fingerprint density at radius 1 is 0.943 bits per heavy atom. The van der Waals surface area contributed by atoms with Crippen molar-refractivity contribution in [2.24, 2.45) is 10.7 Å². The van der Waals surface area contributed by atoms with E-state index in [0.717, 1.165) is 5.56 Å². The number of aliphatic imine (C=N–C) groups is 1. The number of nitrogens with zero attached hydrogens (tertiary/aromatic N) is 5. The smallest absolute Gasteiger partial charge is 0.264 e. The van der Waals surface area contributed by atoms with Crippen molar-refractivity contribution < 1.29 is 8.42 Å². The van der Waals surface area contributed by atoms with E-state index in [1.165, 1.54) is 12.1 Å². The van der Waals surface area contributed by atoms with Crippen molar-refractivity contribution in [1.82, 2.24) is 19.9 Å². The summed E-state index contributed by atoms with van der Waals surface area (Å²) in [4.78, 5) is 21.0. The molecular formula is C23H21ClN8O2S. The number of halogens is 1. The molecule has 0 fully saturated rings. The molecule has 0 aliphatic heterocycles. The number of nitrogens with two attached hydrogens (primary N) is 1. The van der Waals surface area contributed by atoms with Gasteiger partial charge in [0.15, 0.2) is 0 Å². The number of sulfonamides is 1. The van der Waals surface area contributed by atoms with Crippen LogP contribution < -0.4 is 15.8 Å². The molecule has 2 heterocycles. The third-order valence-electron chi connectivity index (χ3n) is 4.65. The zero-order valence-electron chi connectivity index (χ0n) is 18.8. The molecule has 0 radical (unpaired) electrons. The first kappa shape index (κ1) is 24.0. The van der Waals surface area contributed by atoms with Gasteiger partial charge in [-0.2, -0.15) is 4.99 Å². The lowest BCUT2D eigenvalue weighted by Crippen LogP contribution is -2.22. The molecular weight excluding hydrogens is 488 g/mol. The van der Waals surface area contributed by atoms with Crippen molar-refractivity contribution in [2.45, 2.75) is 18.7 Å². The molecule has 0 unspecified atom stereocenters. The third kappa shape index (κ3) is 6.28. The highest BCUT2D eigenvalue weighted by atomic mass is 35.5. The second-order valence-electron chi connectivity index (χ2n) is 7.48. The van der Waals surface area contributed by atoms with E-state index in [0.29, 0.717) is 27.8 Å². The normalized spacial score (nSPS) is 11.8. The number of rotatable bonds is 6. The maximum absolute atomic E-state index is 12.7. The van der Waals surface area contributed by atoms with Crippen molar-refractivity contribution >= 4 is 45.2 Å². The zero-order valence-corrected chi connectivity index (χ0v) is 20.3. The van der Waals surface area contributed by atoms with Crippen LogP contribution in [0.2, 0.25) is 5.02 Å². The van der Waals surface area contributed by atoms with Crippen molar-refractivity contribution in [2.75, 3.05) is 10.0 Å². The highest BCUT2D eigenvalue weighted by Gasteiger charge is 2.16. The van der Waals surface area contributed by atoms with E-state index in [9.17, 15) is 8.42 Å². The number of nitrogens with one attached hydrogen (secondary N) is 2. The number of guanidine groups is 1. The Balaban J connectivity index is 1.46. The predicted molar refractivity (Wildman–Crippen MR) is 136 cm³/mol. The molecule has 12 heteroatoms. The largest absolute Gasteiger partial charge is 0.369 e. The summed E-state index contributed by atoms with van der Waals surface area (Å²) in [6, 6.07) is 16.7. The molecule has 10 nitrogen and oxygen atoms in total. The second-order valence-corrected chi connectivity index (χ2v) is 9.59. The average molecular weight is 509 g/mol. The lowest BCUT2D eigenvalue weighted by molar-refractivity contribution is 0.601. The Kier molecular flexibility index (Phi) is 6.90. The Bertz CT molecular complexity index is 1470. The van der Waals surface area contributed by atoms with Crippen LogP contribution in [0.4, 0.5) is 17.6 Å². The van der Waals surface area contributed by atoms with Crippen molar-refractivity contribution in [3.8, 4) is 11.3 Å². The van der Waals surface area contributed by atoms with Crippen molar-refractivity contribution in [1.29, 1.82) is 0 Å². The summed E-state index contributed by atoms with van der Waals surface area (Å²) >= 11 is 5.94. The van der Waals surface area contributed by atoms with Crippen LogP contribution in [0.5, 0.6) is 0 Å². The molecule has 2 aromatic carbocycles.